The van der Waals surface area contributed by atoms with Gasteiger partial charge in [-0.15, -0.1) is 0 Å². The summed E-state index contributed by atoms with van der Waals surface area (Å²) in [4.78, 5) is 0. The van der Waals surface area contributed by atoms with Crippen LogP contribution in [-0.2, 0) is 0 Å². The first-order valence-corrected chi connectivity index (χ1v) is 8.27. The van der Waals surface area contributed by atoms with Gasteiger partial charge in [-0.1, -0.05) is 84.9 Å². The van der Waals surface area contributed by atoms with E-state index < -0.39 is 0 Å². The van der Waals surface area contributed by atoms with Crippen LogP contribution in [-0.4, -0.2) is 0 Å². The fourth-order valence-electron chi connectivity index (χ4n) is 2.71. The third kappa shape index (κ3) is 4.34. The zero-order valence-corrected chi connectivity index (χ0v) is 14.2. The molecule has 0 aromatic heterocycles. The lowest BCUT2D eigenvalue weighted by Crippen LogP contribution is -1.88. The molecule has 3 rings (SSSR count). The van der Waals surface area contributed by atoms with E-state index in [1.807, 2.05) is 37.3 Å². The molecule has 0 saturated carbocycles. The SMILES string of the molecule is C/C(C#N)=C/c1ccc(C=C(c2ccccc2)c2ccccc2)cc1. The Morgan fingerprint density at radius 3 is 1.56 bits per heavy atom. The van der Waals surface area contributed by atoms with E-state index in [9.17, 15) is 0 Å². The normalized spacial score (nSPS) is 10.8. The topological polar surface area (TPSA) is 23.8 Å². The standard InChI is InChI=1S/C24H19N/c1-19(18-25)16-20-12-14-21(15-13-20)17-24(22-8-4-2-5-9-22)23-10-6-3-7-11-23/h2-17H,1H3/b19-16-. The molecule has 0 aliphatic rings. The van der Waals surface area contributed by atoms with E-state index >= 15 is 0 Å². The largest absolute Gasteiger partial charge is 0.193 e. The fraction of sp³-hybridized carbons (Fsp3) is 0.0417. The molecule has 1 heteroatoms. The highest BCUT2D eigenvalue weighted by atomic mass is 14.2. The Labute approximate surface area is 149 Å². The van der Waals surface area contributed by atoms with Gasteiger partial charge < -0.3 is 0 Å². The lowest BCUT2D eigenvalue weighted by molar-refractivity contribution is 1.46. The van der Waals surface area contributed by atoms with Crippen molar-refractivity contribution in [2.24, 2.45) is 0 Å². The minimum atomic E-state index is 0.706. The van der Waals surface area contributed by atoms with Crippen LogP contribution >= 0.6 is 0 Å². The average molecular weight is 321 g/mol. The smallest absolute Gasteiger partial charge is 0.0944 e. The molecule has 0 N–H and O–H groups in total. The van der Waals surface area contributed by atoms with Crippen LogP contribution in [0.1, 0.15) is 29.2 Å². The van der Waals surface area contributed by atoms with Gasteiger partial charge in [0.2, 0.25) is 0 Å². The molecular weight excluding hydrogens is 302 g/mol. The highest BCUT2D eigenvalue weighted by Gasteiger charge is 2.04. The van der Waals surface area contributed by atoms with Crippen LogP contribution in [0.3, 0.4) is 0 Å². The van der Waals surface area contributed by atoms with Crippen molar-refractivity contribution in [1.82, 2.24) is 0 Å². The minimum absolute atomic E-state index is 0.706. The summed E-state index contributed by atoms with van der Waals surface area (Å²) in [5.41, 5.74) is 6.46. The van der Waals surface area contributed by atoms with Crippen molar-refractivity contribution >= 4 is 17.7 Å². The Morgan fingerprint density at radius 1 is 0.680 bits per heavy atom. The van der Waals surface area contributed by atoms with Gasteiger partial charge in [-0.2, -0.15) is 5.26 Å². The molecule has 0 unspecified atom stereocenters. The average Bonchev–Trinajstić information content (AvgIpc) is 2.68. The number of nitrogens with zero attached hydrogens (tertiary/aromatic N) is 1. The molecule has 0 heterocycles. The van der Waals surface area contributed by atoms with E-state index in [1.54, 1.807) is 0 Å². The van der Waals surface area contributed by atoms with Gasteiger partial charge in [0.05, 0.1) is 6.07 Å². The van der Waals surface area contributed by atoms with Crippen molar-refractivity contribution in [3.05, 3.63) is 113 Å². The first kappa shape index (κ1) is 16.5. The maximum atomic E-state index is 8.89. The van der Waals surface area contributed by atoms with E-state index in [2.05, 4.69) is 72.8 Å². The van der Waals surface area contributed by atoms with Gasteiger partial charge in [-0.05, 0) is 46.9 Å². The van der Waals surface area contributed by atoms with E-state index in [0.29, 0.717) is 5.57 Å². The first-order valence-electron chi connectivity index (χ1n) is 8.27. The van der Waals surface area contributed by atoms with Gasteiger partial charge in [0.25, 0.3) is 0 Å². The number of hydrogen-bond acceptors (Lipinski definition) is 1. The van der Waals surface area contributed by atoms with Crippen LogP contribution in [0, 0.1) is 11.3 Å². The van der Waals surface area contributed by atoms with E-state index in [1.165, 1.54) is 16.7 Å². The highest BCUT2D eigenvalue weighted by molar-refractivity contribution is 5.91. The molecule has 0 atom stereocenters. The summed E-state index contributed by atoms with van der Waals surface area (Å²) in [6.45, 7) is 1.82. The van der Waals surface area contributed by atoms with Crippen molar-refractivity contribution in [1.29, 1.82) is 5.26 Å². The van der Waals surface area contributed by atoms with Crippen LogP contribution in [0.5, 0.6) is 0 Å². The van der Waals surface area contributed by atoms with E-state index in [-0.39, 0.29) is 0 Å². The number of allylic oxidation sites excluding steroid dienone is 1. The second-order valence-corrected chi connectivity index (χ2v) is 5.90. The predicted molar refractivity (Wildman–Crippen MR) is 106 cm³/mol. The second kappa shape index (κ2) is 7.95. The first-order chi connectivity index (χ1) is 12.3. The van der Waals surface area contributed by atoms with Crippen LogP contribution < -0.4 is 0 Å². The zero-order valence-electron chi connectivity index (χ0n) is 14.2. The third-order valence-corrected chi connectivity index (χ3v) is 3.98. The summed E-state index contributed by atoms with van der Waals surface area (Å²) >= 11 is 0. The molecule has 3 aromatic carbocycles. The Kier molecular flexibility index (Phi) is 5.24. The molecule has 0 spiro atoms. The summed E-state index contributed by atoms with van der Waals surface area (Å²) in [7, 11) is 0. The molecule has 120 valence electrons. The fourth-order valence-corrected chi connectivity index (χ4v) is 2.71. The van der Waals surface area contributed by atoms with Crippen molar-refractivity contribution in [3.63, 3.8) is 0 Å². The summed E-state index contributed by atoms with van der Waals surface area (Å²) in [5.74, 6) is 0. The number of nitriles is 1. The molecule has 0 bridgehead atoms. The van der Waals surface area contributed by atoms with Gasteiger partial charge in [0.15, 0.2) is 0 Å². The Hall–Kier alpha value is -3.37. The minimum Gasteiger partial charge on any atom is -0.193 e. The highest BCUT2D eigenvalue weighted by Crippen LogP contribution is 2.26. The van der Waals surface area contributed by atoms with E-state index in [4.69, 9.17) is 5.26 Å². The monoisotopic (exact) mass is 321 g/mol. The van der Waals surface area contributed by atoms with Crippen molar-refractivity contribution in [2.75, 3.05) is 0 Å². The van der Waals surface area contributed by atoms with Crippen LogP contribution in [0.15, 0.2) is 90.5 Å². The molecule has 0 radical (unpaired) electrons. The predicted octanol–water partition coefficient (Wildman–Crippen LogP) is 6.20. The van der Waals surface area contributed by atoms with Gasteiger partial charge >= 0.3 is 0 Å². The number of benzene rings is 3. The molecule has 0 aliphatic heterocycles. The second-order valence-electron chi connectivity index (χ2n) is 5.90. The maximum Gasteiger partial charge on any atom is 0.0944 e. The van der Waals surface area contributed by atoms with Gasteiger partial charge in [0.1, 0.15) is 0 Å². The van der Waals surface area contributed by atoms with Gasteiger partial charge in [-0.25, -0.2) is 0 Å². The third-order valence-electron chi connectivity index (χ3n) is 3.98. The number of hydrogen-bond donors (Lipinski definition) is 0. The van der Waals surface area contributed by atoms with Gasteiger partial charge in [-0.3, -0.25) is 0 Å². The van der Waals surface area contributed by atoms with Crippen molar-refractivity contribution < 1.29 is 0 Å². The zero-order chi connectivity index (χ0) is 17.5. The van der Waals surface area contributed by atoms with E-state index in [0.717, 1.165) is 11.1 Å². The summed E-state index contributed by atoms with van der Waals surface area (Å²) in [6, 6.07) is 31.2. The Bertz CT molecular complexity index is 883. The molecule has 0 aliphatic carbocycles. The molecule has 0 amide bonds. The molecule has 3 aromatic rings. The Balaban J connectivity index is 2.01. The van der Waals surface area contributed by atoms with Crippen molar-refractivity contribution in [3.8, 4) is 6.07 Å². The molecule has 1 nitrogen and oxygen atoms in total. The molecule has 0 saturated heterocycles. The molecule has 0 fully saturated rings. The lowest BCUT2D eigenvalue weighted by atomic mass is 9.95. The summed E-state index contributed by atoms with van der Waals surface area (Å²) < 4.78 is 0. The Morgan fingerprint density at radius 2 is 1.12 bits per heavy atom. The molecule has 25 heavy (non-hydrogen) atoms. The quantitative estimate of drug-likeness (QED) is 0.414. The molecular formula is C24H19N. The lowest BCUT2D eigenvalue weighted by Gasteiger charge is -2.09. The summed E-state index contributed by atoms with van der Waals surface area (Å²) in [6.07, 6.45) is 4.10. The van der Waals surface area contributed by atoms with Crippen LogP contribution in [0.25, 0.3) is 17.7 Å². The van der Waals surface area contributed by atoms with Crippen LogP contribution in [0.4, 0.5) is 0 Å². The van der Waals surface area contributed by atoms with Gasteiger partial charge in [0, 0.05) is 5.57 Å². The summed E-state index contributed by atoms with van der Waals surface area (Å²) in [5, 5.41) is 8.89. The van der Waals surface area contributed by atoms with Crippen LogP contribution in [0.2, 0.25) is 0 Å². The number of rotatable bonds is 4. The maximum absolute atomic E-state index is 8.89. The van der Waals surface area contributed by atoms with Crippen molar-refractivity contribution in [2.45, 2.75) is 6.92 Å².